The number of thiocarbonyl (C=S) groups is 4. The first-order chi connectivity index (χ1) is 52.0. The van der Waals surface area contributed by atoms with Gasteiger partial charge in [0.25, 0.3) is 0 Å². The Morgan fingerprint density at radius 1 is 0.446 bits per heavy atom. The fourth-order valence-corrected chi connectivity index (χ4v) is 7.07. The summed E-state index contributed by atoms with van der Waals surface area (Å²) in [6.07, 6.45) is 15.4. The molecule has 34 heteroatoms. The number of para-hydroxylation sites is 5. The van der Waals surface area contributed by atoms with Crippen LogP contribution in [0.2, 0.25) is 0 Å². The molecule has 0 atom stereocenters. The number of hydrogen-bond acceptors (Lipinski definition) is 27. The van der Waals surface area contributed by atoms with Crippen LogP contribution in [0.1, 0.15) is 109 Å². The third-order valence-electron chi connectivity index (χ3n) is 10.9. The number of nitrogens with one attached hydrogen (secondary N) is 5. The quantitative estimate of drug-likeness (QED) is 0.00798. The molecule has 0 bridgehead atoms. The summed E-state index contributed by atoms with van der Waals surface area (Å²) in [5, 5.41) is 15.1. The van der Waals surface area contributed by atoms with Crippen molar-refractivity contribution in [1.29, 1.82) is 0 Å². The predicted molar refractivity (Wildman–Crippen MR) is 477 cm³/mol. The smallest absolute Gasteiger partial charge is 0.870 e. The van der Waals surface area contributed by atoms with Crippen LogP contribution >= 0.6 is 48.9 Å². The molecular formula is C78H125N18Na3O7S6. The van der Waals surface area contributed by atoms with Crippen LogP contribution in [0.4, 0.5) is 33.2 Å². The van der Waals surface area contributed by atoms with E-state index in [4.69, 9.17) is 78.4 Å². The van der Waals surface area contributed by atoms with Crippen molar-refractivity contribution < 1.29 is 123 Å². The molecule has 0 aliphatic heterocycles. The fourth-order valence-electron chi connectivity index (χ4n) is 6.67. The Kier molecular flexibility index (Phi) is 133. The summed E-state index contributed by atoms with van der Waals surface area (Å²) in [7, 11) is 0. The van der Waals surface area contributed by atoms with E-state index >= 15 is 0 Å². The summed E-state index contributed by atoms with van der Waals surface area (Å²) in [4.78, 5) is 83.7. The number of carbonyl (C=O) groups is 1. The van der Waals surface area contributed by atoms with Crippen molar-refractivity contribution in [2.24, 2.45) is 53.6 Å². The van der Waals surface area contributed by atoms with Crippen LogP contribution in [-0.2, 0) is 49.2 Å². The summed E-state index contributed by atoms with van der Waals surface area (Å²) in [6.45, 7) is 42.6. The van der Waals surface area contributed by atoms with Gasteiger partial charge in [-0.25, -0.2) is 28.8 Å². The Hall–Kier alpha value is -5.21. The Morgan fingerprint density at radius 2 is 0.679 bits per heavy atom. The van der Waals surface area contributed by atoms with Gasteiger partial charge in [-0.05, 0) is 119 Å². The zero-order chi connectivity index (χ0) is 83.4. The number of nitrogens with two attached hydrogens (primary N) is 5. The molecule has 0 heterocycles. The maximum Gasteiger partial charge on any atom is 1.00 e. The number of anilines is 1. The standard InChI is InChI=1S/C18H31N5OS2.C7H18N4S2.4C7H5NO.C6H18N4.C6H7NO.4C3H8.CS2.3Na.H2O/c1-18(2,3)21-11-14-23(13-10-20-17(25)26)12-9-19-16(24)22-15-7-5-4-6-8-15;8-1-4-11(5-2-9)6-3-10-7(12)13;4*9-6-8-7-4-2-1-3-5-7;7-1-4-10(5-2-8)6-3-9;1-3-6(4-2)7-5-8;4*1-3-2;2-1-3;;;;/h4-8,21H,9-14H2,1-3H3,(H2,19,22,24)(H2,20,25,26);1-6,8-9H2,(H2,10,12,13);4*1-5H;1-9H2;3-4H,1H2,2H3;4*3H2,1-2H3;;;;;1H2/q;;;;;;;;;;;;;3*+1;/p-3/b;;;;;;;6-4+;;;;;;;;;. The number of benzene rings is 5. The summed E-state index contributed by atoms with van der Waals surface area (Å²) < 4.78 is 2.72. The van der Waals surface area contributed by atoms with Gasteiger partial charge in [-0.15, -0.1) is 0 Å². The van der Waals surface area contributed by atoms with Gasteiger partial charge in [-0.2, -0.15) is 25.0 Å². The number of allylic oxidation sites excluding steroid dienone is 2. The molecule has 112 heavy (non-hydrogen) atoms. The van der Waals surface area contributed by atoms with E-state index in [1.54, 1.807) is 61.5 Å². The van der Waals surface area contributed by atoms with Crippen molar-refractivity contribution in [3.05, 3.63) is 176 Å². The van der Waals surface area contributed by atoms with Gasteiger partial charge in [-0.1, -0.05) is 193 Å². The number of rotatable bonds is 29. The first-order valence-electron chi connectivity index (χ1n) is 35.3. The number of carbonyl (C=O) groups excluding carboxylic acids is 6. The zero-order valence-electron chi connectivity index (χ0n) is 69.2. The molecule has 5 aromatic carbocycles. The molecule has 0 aliphatic carbocycles. The average Bonchev–Trinajstić information content (AvgIpc) is 0.958. The molecule has 16 N–H and O–H groups in total. The van der Waals surface area contributed by atoms with Crippen LogP contribution < -0.4 is 144 Å². The fraction of sp³-hybridized carbons (Fsp3) is 0.449. The predicted octanol–water partition coefficient (Wildman–Crippen LogP) is 4.26. The molecule has 25 nitrogen and oxygen atoms in total. The topological polar surface area (TPSA) is 394 Å². The Labute approximate surface area is 770 Å². The average molecular weight is 1690 g/mol. The van der Waals surface area contributed by atoms with E-state index in [-0.39, 0.29) is 106 Å². The second-order valence-electron chi connectivity index (χ2n) is 22.0. The van der Waals surface area contributed by atoms with E-state index in [0.29, 0.717) is 82.9 Å². The van der Waals surface area contributed by atoms with Crippen molar-refractivity contribution in [2.75, 3.05) is 123 Å². The van der Waals surface area contributed by atoms with Gasteiger partial charge in [0.1, 0.15) is 0 Å². The van der Waals surface area contributed by atoms with Crippen LogP contribution in [-0.4, -0.2) is 193 Å². The molecule has 5 rings (SSSR count). The molecule has 608 valence electrons. The second kappa shape index (κ2) is 112. The Balaban J connectivity index is -0.000000102. The third-order valence-corrected chi connectivity index (χ3v) is 11.4. The van der Waals surface area contributed by atoms with Gasteiger partial charge < -0.3 is 110 Å². The van der Waals surface area contributed by atoms with Gasteiger partial charge in [0.2, 0.25) is 30.4 Å². The molecule has 2 amide bonds. The Morgan fingerprint density at radius 3 is 0.884 bits per heavy atom. The number of hydrogen-bond donors (Lipinski definition) is 10. The molecule has 0 aromatic heterocycles. The number of isocyanates is 5. The summed E-state index contributed by atoms with van der Waals surface area (Å²) in [5.41, 5.74) is 31.0. The van der Waals surface area contributed by atoms with Crippen LogP contribution in [0.15, 0.2) is 201 Å². The summed E-state index contributed by atoms with van der Waals surface area (Å²) in [5.74, 6) is 0. The van der Waals surface area contributed by atoms with E-state index in [1.165, 1.54) is 62.2 Å². The molecule has 0 spiro atoms. The van der Waals surface area contributed by atoms with Crippen molar-refractivity contribution in [2.45, 2.75) is 114 Å². The normalized spacial score (nSPS) is 8.77. The van der Waals surface area contributed by atoms with Crippen LogP contribution in [0.5, 0.6) is 0 Å². The van der Waals surface area contributed by atoms with Crippen molar-refractivity contribution in [3.63, 3.8) is 0 Å². The van der Waals surface area contributed by atoms with Gasteiger partial charge in [0.05, 0.1) is 28.4 Å². The second-order valence-corrected chi connectivity index (χ2v) is 24.8. The van der Waals surface area contributed by atoms with Gasteiger partial charge in [-0.3, -0.25) is 14.7 Å². The first kappa shape index (κ1) is 133. The summed E-state index contributed by atoms with van der Waals surface area (Å²) >= 11 is 27.1. The van der Waals surface area contributed by atoms with E-state index in [0.717, 1.165) is 77.7 Å². The first-order valence-corrected chi connectivity index (χ1v) is 37.7. The number of urea groups is 1. The molecule has 0 saturated carbocycles. The van der Waals surface area contributed by atoms with E-state index in [9.17, 15) is 28.8 Å². The van der Waals surface area contributed by atoms with Crippen LogP contribution in [0.3, 0.4) is 0 Å². The zero-order valence-corrected chi connectivity index (χ0v) is 80.1. The van der Waals surface area contributed by atoms with Gasteiger partial charge >= 0.3 is 94.7 Å². The maximum absolute atomic E-state index is 11.9. The van der Waals surface area contributed by atoms with Gasteiger partial charge in [0, 0.05) is 133 Å². The van der Waals surface area contributed by atoms with E-state index in [1.807, 2.05) is 107 Å². The van der Waals surface area contributed by atoms with Gasteiger partial charge in [0.15, 0.2) is 0 Å². The molecule has 0 saturated heterocycles. The number of nitrogens with zero attached hydrogens (tertiary/aromatic N) is 8. The minimum absolute atomic E-state index is 0. The number of aliphatic imine (C=N–C) groups is 5. The molecule has 0 unspecified atom stereocenters. The SMILES string of the molecule is C=C/C(=C\C)N=C=O.CC(C)(C)NCCN(CCNC(=O)Nc1ccccc1)CCNC(=S)[S-].CCC.CCC.CCC.CCC.NCCN(CCN)CCN.NCCN(CCN)CCNC(=S)[S-].O=C=Nc1ccccc1.O=C=Nc1ccccc1.O=C=Nc1ccccc1.O=C=Nc1ccccc1.S=C=S.[Na+].[Na+].[Na+].[OH-]. The largest absolute Gasteiger partial charge is 1.00 e. The molecule has 0 aliphatic rings. The molecule has 5 aromatic rings. The minimum Gasteiger partial charge on any atom is -0.870 e. The van der Waals surface area contributed by atoms with Crippen molar-refractivity contribution >= 4 is 152 Å². The van der Waals surface area contributed by atoms with Crippen LogP contribution in [0.25, 0.3) is 0 Å². The monoisotopic (exact) mass is 1690 g/mol. The summed E-state index contributed by atoms with van der Waals surface area (Å²) in [6, 6.07) is 45.1. The Bertz CT molecular complexity index is 2940. The number of amides is 2. The minimum atomic E-state index is -0.200. The van der Waals surface area contributed by atoms with Crippen LogP contribution in [0, 0.1) is 0 Å². The van der Waals surface area contributed by atoms with E-state index < -0.39 is 0 Å². The maximum atomic E-state index is 11.9. The van der Waals surface area contributed by atoms with Crippen molar-refractivity contribution in [1.82, 2.24) is 36.0 Å². The molecule has 0 fully saturated rings. The van der Waals surface area contributed by atoms with Crippen molar-refractivity contribution in [3.8, 4) is 0 Å². The molecular weight excluding hydrogens is 1560 g/mol. The third kappa shape index (κ3) is 118. The van der Waals surface area contributed by atoms with E-state index in [2.05, 4.69) is 173 Å². The molecule has 0 radical (unpaired) electrons.